The number of rotatable bonds is 1. The van der Waals surface area contributed by atoms with Gasteiger partial charge in [-0.2, -0.15) is 5.26 Å². The Morgan fingerprint density at radius 2 is 2.40 bits per heavy atom. The topological polar surface area (TPSA) is 87.9 Å². The third kappa shape index (κ3) is 1.69. The molecule has 2 rings (SSSR count). The number of nitrogens with one attached hydrogen (secondary N) is 1. The van der Waals surface area contributed by atoms with E-state index in [0.717, 1.165) is 12.8 Å². The molecule has 78 valence electrons. The first-order valence-electron chi connectivity index (χ1n) is 4.59. The zero-order chi connectivity index (χ0) is 10.8. The lowest BCUT2D eigenvalue weighted by atomic mass is 10.3. The molecule has 1 aromatic rings. The van der Waals surface area contributed by atoms with Crippen LogP contribution in [0.4, 0.5) is 0 Å². The van der Waals surface area contributed by atoms with Crippen molar-refractivity contribution in [2.24, 2.45) is 0 Å². The third-order valence-corrected chi connectivity index (χ3v) is 2.30. The van der Waals surface area contributed by atoms with Gasteiger partial charge in [0.15, 0.2) is 0 Å². The first-order chi connectivity index (χ1) is 7.22. The fraction of sp³-hybridized carbons (Fsp3) is 0.444. The number of hydrogen-bond donors (Lipinski definition) is 1. The van der Waals surface area contributed by atoms with Crippen molar-refractivity contribution in [3.05, 3.63) is 32.6 Å². The van der Waals surface area contributed by atoms with E-state index in [1.54, 1.807) is 6.07 Å². The molecule has 1 unspecified atom stereocenters. The second kappa shape index (κ2) is 3.71. The molecule has 1 aliphatic heterocycles. The lowest BCUT2D eigenvalue weighted by Gasteiger charge is -2.11. The number of aromatic amines is 1. The molecule has 0 radical (unpaired) electrons. The Morgan fingerprint density at radius 1 is 1.60 bits per heavy atom. The van der Waals surface area contributed by atoms with Crippen LogP contribution in [0.25, 0.3) is 0 Å². The lowest BCUT2D eigenvalue weighted by Crippen LogP contribution is -2.33. The summed E-state index contributed by atoms with van der Waals surface area (Å²) in [5.41, 5.74) is -1.27. The Kier molecular flexibility index (Phi) is 2.39. The van der Waals surface area contributed by atoms with Gasteiger partial charge in [0.1, 0.15) is 17.9 Å². The van der Waals surface area contributed by atoms with Gasteiger partial charge in [0.2, 0.25) is 0 Å². The molecule has 0 aromatic carbocycles. The molecule has 0 saturated carbocycles. The highest BCUT2D eigenvalue weighted by molar-refractivity contribution is 5.21. The lowest BCUT2D eigenvalue weighted by molar-refractivity contribution is 0.0525. The summed E-state index contributed by atoms with van der Waals surface area (Å²) >= 11 is 0. The first-order valence-corrected chi connectivity index (χ1v) is 4.59. The van der Waals surface area contributed by atoms with Gasteiger partial charge in [0.05, 0.1) is 0 Å². The molecule has 1 aromatic heterocycles. The predicted molar refractivity (Wildman–Crippen MR) is 50.3 cm³/mol. The molecular weight excluding hydrogens is 198 g/mol. The highest BCUT2D eigenvalue weighted by atomic mass is 16.5. The maximum Gasteiger partial charge on any atom is 0.330 e. The van der Waals surface area contributed by atoms with Crippen molar-refractivity contribution < 1.29 is 4.74 Å². The smallest absolute Gasteiger partial charge is 0.330 e. The number of nitrogens with zero attached hydrogens (tertiary/aromatic N) is 2. The summed E-state index contributed by atoms with van der Waals surface area (Å²) < 4.78 is 6.55. The Labute approximate surface area is 84.7 Å². The number of nitriles is 1. The maximum absolute atomic E-state index is 11.4. The Hall–Kier alpha value is -1.87. The van der Waals surface area contributed by atoms with E-state index >= 15 is 0 Å². The Morgan fingerprint density at radius 3 is 3.00 bits per heavy atom. The van der Waals surface area contributed by atoms with Gasteiger partial charge in [-0.1, -0.05) is 0 Å². The van der Waals surface area contributed by atoms with Crippen LogP contribution in [0.5, 0.6) is 0 Å². The van der Waals surface area contributed by atoms with Gasteiger partial charge in [0.25, 0.3) is 5.56 Å². The van der Waals surface area contributed by atoms with Crippen LogP contribution in [0, 0.1) is 11.3 Å². The average molecular weight is 207 g/mol. The predicted octanol–water partition coefficient (Wildman–Crippen LogP) is -0.283. The van der Waals surface area contributed by atoms with E-state index < -0.39 is 11.2 Å². The molecule has 6 nitrogen and oxygen atoms in total. The van der Waals surface area contributed by atoms with Gasteiger partial charge in [-0.15, -0.1) is 0 Å². The summed E-state index contributed by atoms with van der Waals surface area (Å²) in [7, 11) is 0. The van der Waals surface area contributed by atoms with Crippen LogP contribution in [0.2, 0.25) is 0 Å². The van der Waals surface area contributed by atoms with E-state index in [1.165, 1.54) is 10.8 Å². The van der Waals surface area contributed by atoms with Crippen molar-refractivity contribution in [1.29, 1.82) is 5.26 Å². The first kappa shape index (κ1) is 9.68. The highest BCUT2D eigenvalue weighted by Gasteiger charge is 2.19. The molecule has 1 N–H and O–H groups in total. The zero-order valence-corrected chi connectivity index (χ0v) is 7.90. The molecule has 1 fully saturated rings. The summed E-state index contributed by atoms with van der Waals surface area (Å²) in [5, 5.41) is 8.65. The van der Waals surface area contributed by atoms with Crippen LogP contribution in [-0.4, -0.2) is 16.2 Å². The van der Waals surface area contributed by atoms with Gasteiger partial charge in [-0.25, -0.2) is 4.79 Å². The van der Waals surface area contributed by atoms with E-state index in [1.807, 2.05) is 0 Å². The summed E-state index contributed by atoms with van der Waals surface area (Å²) in [6, 6.07) is 1.73. The minimum absolute atomic E-state index is 0.0786. The van der Waals surface area contributed by atoms with Crippen molar-refractivity contribution in [1.82, 2.24) is 9.55 Å². The van der Waals surface area contributed by atoms with Gasteiger partial charge < -0.3 is 4.74 Å². The molecule has 0 bridgehead atoms. The maximum atomic E-state index is 11.4. The molecular formula is C9H9N3O3. The largest absolute Gasteiger partial charge is 0.358 e. The third-order valence-electron chi connectivity index (χ3n) is 2.30. The van der Waals surface area contributed by atoms with Crippen molar-refractivity contribution in [3.63, 3.8) is 0 Å². The van der Waals surface area contributed by atoms with Crippen LogP contribution >= 0.6 is 0 Å². The van der Waals surface area contributed by atoms with Crippen LogP contribution < -0.4 is 11.2 Å². The molecule has 0 aliphatic carbocycles. The quantitative estimate of drug-likeness (QED) is 0.685. The van der Waals surface area contributed by atoms with Gasteiger partial charge in [-0.05, 0) is 12.8 Å². The minimum atomic E-state index is -0.656. The number of ether oxygens (including phenoxy) is 1. The van der Waals surface area contributed by atoms with Gasteiger partial charge in [-0.3, -0.25) is 14.3 Å². The fourth-order valence-corrected chi connectivity index (χ4v) is 1.56. The van der Waals surface area contributed by atoms with Crippen LogP contribution in [-0.2, 0) is 4.74 Å². The van der Waals surface area contributed by atoms with Crippen molar-refractivity contribution in [2.75, 3.05) is 6.61 Å². The van der Waals surface area contributed by atoms with Crippen molar-refractivity contribution in [3.8, 4) is 6.07 Å². The molecule has 6 heteroatoms. The van der Waals surface area contributed by atoms with E-state index in [2.05, 4.69) is 4.98 Å². The van der Waals surface area contributed by atoms with Crippen LogP contribution in [0.3, 0.4) is 0 Å². The molecule has 1 aliphatic rings. The molecule has 1 atom stereocenters. The van der Waals surface area contributed by atoms with Gasteiger partial charge in [0, 0.05) is 12.8 Å². The molecule has 1 saturated heterocycles. The number of H-pyrrole nitrogens is 1. The average Bonchev–Trinajstić information content (AvgIpc) is 2.71. The zero-order valence-electron chi connectivity index (χ0n) is 7.90. The second-order valence-electron chi connectivity index (χ2n) is 3.29. The molecule has 0 spiro atoms. The summed E-state index contributed by atoms with van der Waals surface area (Å²) in [5.74, 6) is 0. The fourth-order valence-electron chi connectivity index (χ4n) is 1.56. The van der Waals surface area contributed by atoms with E-state index in [9.17, 15) is 9.59 Å². The van der Waals surface area contributed by atoms with E-state index in [-0.39, 0.29) is 11.8 Å². The summed E-state index contributed by atoms with van der Waals surface area (Å²) in [6.07, 6.45) is 2.48. The highest BCUT2D eigenvalue weighted by Crippen LogP contribution is 2.20. The number of hydrogen-bond acceptors (Lipinski definition) is 4. The second-order valence-corrected chi connectivity index (χ2v) is 3.29. The molecule has 15 heavy (non-hydrogen) atoms. The van der Waals surface area contributed by atoms with Crippen LogP contribution in [0.15, 0.2) is 15.8 Å². The van der Waals surface area contributed by atoms with Crippen LogP contribution in [0.1, 0.15) is 24.6 Å². The van der Waals surface area contributed by atoms with E-state index in [0.29, 0.717) is 6.61 Å². The monoisotopic (exact) mass is 207 g/mol. The molecule has 0 amide bonds. The summed E-state index contributed by atoms with van der Waals surface area (Å²) in [6.45, 7) is 0.595. The summed E-state index contributed by atoms with van der Waals surface area (Å²) in [4.78, 5) is 24.6. The van der Waals surface area contributed by atoms with Crippen molar-refractivity contribution in [2.45, 2.75) is 19.1 Å². The Balaban J connectivity index is 2.52. The SMILES string of the molecule is N#Cc1cn(C2CCCO2)c(=O)[nH]c1=O. The van der Waals surface area contributed by atoms with E-state index in [4.69, 9.17) is 10.00 Å². The number of aromatic nitrogens is 2. The molecule has 2 heterocycles. The normalized spacial score (nSPS) is 20.1. The van der Waals surface area contributed by atoms with Gasteiger partial charge >= 0.3 is 5.69 Å². The standard InChI is InChI=1S/C9H9N3O3/c10-4-6-5-12(7-2-1-3-15-7)9(14)11-8(6)13/h5,7H,1-3H2,(H,11,13,14). The van der Waals surface area contributed by atoms with Crippen molar-refractivity contribution >= 4 is 0 Å². The minimum Gasteiger partial charge on any atom is -0.358 e. The Bertz CT molecular complexity index is 517.